The van der Waals surface area contributed by atoms with Crippen LogP contribution in [0.1, 0.15) is 12.5 Å². The van der Waals surface area contributed by atoms with Crippen molar-refractivity contribution in [3.63, 3.8) is 0 Å². The van der Waals surface area contributed by atoms with Crippen LogP contribution in [0.5, 0.6) is 0 Å². The zero-order chi connectivity index (χ0) is 9.97. The molecule has 0 aliphatic carbocycles. The number of hydrogen-bond acceptors (Lipinski definition) is 2. The predicted molar refractivity (Wildman–Crippen MR) is 63.7 cm³/mol. The van der Waals surface area contributed by atoms with Crippen LogP contribution in [-0.2, 0) is 6.54 Å². The summed E-state index contributed by atoms with van der Waals surface area (Å²) in [4.78, 5) is 2.42. The lowest BCUT2D eigenvalue weighted by atomic mass is 10.1. The number of anilines is 1. The molecule has 0 aromatic heterocycles. The SMILES string of the molecule is CCN1CCNCc2ccc(Br)cc21. The molecule has 2 nitrogen and oxygen atoms in total. The summed E-state index contributed by atoms with van der Waals surface area (Å²) in [7, 11) is 0. The quantitative estimate of drug-likeness (QED) is 0.828. The average Bonchev–Trinajstić information content (AvgIpc) is 2.39. The summed E-state index contributed by atoms with van der Waals surface area (Å²) >= 11 is 3.53. The van der Waals surface area contributed by atoms with E-state index in [2.05, 4.69) is 51.3 Å². The maximum absolute atomic E-state index is 3.53. The molecule has 0 amide bonds. The van der Waals surface area contributed by atoms with Gasteiger partial charge in [-0.1, -0.05) is 22.0 Å². The second-order valence-corrected chi connectivity index (χ2v) is 4.45. The summed E-state index contributed by atoms with van der Waals surface area (Å²) in [5.74, 6) is 0. The molecule has 0 saturated carbocycles. The van der Waals surface area contributed by atoms with Gasteiger partial charge in [-0.2, -0.15) is 0 Å². The fourth-order valence-corrected chi connectivity index (χ4v) is 2.22. The first-order chi connectivity index (χ1) is 6.81. The Hall–Kier alpha value is -0.540. The van der Waals surface area contributed by atoms with Gasteiger partial charge in [-0.05, 0) is 24.6 Å². The molecule has 1 heterocycles. The van der Waals surface area contributed by atoms with Crippen molar-refractivity contribution in [2.75, 3.05) is 24.5 Å². The van der Waals surface area contributed by atoms with Crippen LogP contribution in [0.4, 0.5) is 5.69 Å². The molecule has 0 bridgehead atoms. The number of likely N-dealkylation sites (N-methyl/N-ethyl adjacent to an activating group) is 1. The molecule has 0 atom stereocenters. The lowest BCUT2D eigenvalue weighted by Gasteiger charge is -2.22. The van der Waals surface area contributed by atoms with Crippen molar-refractivity contribution in [1.82, 2.24) is 5.32 Å². The Kier molecular flexibility index (Phi) is 3.08. The molecule has 2 rings (SSSR count). The van der Waals surface area contributed by atoms with E-state index in [4.69, 9.17) is 0 Å². The number of fused-ring (bicyclic) bond motifs is 1. The van der Waals surface area contributed by atoms with Crippen LogP contribution in [0.2, 0.25) is 0 Å². The first kappa shape index (κ1) is 9.99. The van der Waals surface area contributed by atoms with Crippen molar-refractivity contribution >= 4 is 21.6 Å². The third kappa shape index (κ3) is 1.93. The number of nitrogens with one attached hydrogen (secondary N) is 1. The van der Waals surface area contributed by atoms with Gasteiger partial charge in [0, 0.05) is 36.3 Å². The largest absolute Gasteiger partial charge is 0.370 e. The summed E-state index contributed by atoms with van der Waals surface area (Å²) in [5, 5.41) is 3.43. The number of hydrogen-bond donors (Lipinski definition) is 1. The number of nitrogens with zero attached hydrogens (tertiary/aromatic N) is 1. The number of benzene rings is 1. The van der Waals surface area contributed by atoms with Crippen LogP contribution < -0.4 is 10.2 Å². The van der Waals surface area contributed by atoms with Gasteiger partial charge in [-0.3, -0.25) is 0 Å². The average molecular weight is 255 g/mol. The number of halogens is 1. The fourth-order valence-electron chi connectivity index (χ4n) is 1.87. The minimum atomic E-state index is 0.985. The Morgan fingerprint density at radius 2 is 2.36 bits per heavy atom. The van der Waals surface area contributed by atoms with Gasteiger partial charge in [0.2, 0.25) is 0 Å². The normalized spacial score (nSPS) is 16.3. The molecule has 0 saturated heterocycles. The van der Waals surface area contributed by atoms with E-state index in [0.717, 1.165) is 30.7 Å². The van der Waals surface area contributed by atoms with E-state index in [1.807, 2.05) is 0 Å². The lowest BCUT2D eigenvalue weighted by Crippen LogP contribution is -2.28. The van der Waals surface area contributed by atoms with Crippen LogP contribution in [0.15, 0.2) is 22.7 Å². The second-order valence-electron chi connectivity index (χ2n) is 3.53. The van der Waals surface area contributed by atoms with Crippen LogP contribution in [-0.4, -0.2) is 19.6 Å². The first-order valence-corrected chi connectivity index (χ1v) is 5.84. The minimum absolute atomic E-state index is 0.985. The van der Waals surface area contributed by atoms with Crippen molar-refractivity contribution in [2.45, 2.75) is 13.5 Å². The van der Waals surface area contributed by atoms with E-state index >= 15 is 0 Å². The molecule has 0 spiro atoms. The highest BCUT2D eigenvalue weighted by atomic mass is 79.9. The molecule has 1 aliphatic rings. The molecule has 1 aromatic rings. The highest BCUT2D eigenvalue weighted by Crippen LogP contribution is 2.26. The van der Waals surface area contributed by atoms with Crippen molar-refractivity contribution in [3.8, 4) is 0 Å². The third-order valence-electron chi connectivity index (χ3n) is 2.64. The first-order valence-electron chi connectivity index (χ1n) is 5.05. The van der Waals surface area contributed by atoms with Crippen LogP contribution in [0, 0.1) is 0 Å². The van der Waals surface area contributed by atoms with E-state index < -0.39 is 0 Å². The molecule has 76 valence electrons. The lowest BCUT2D eigenvalue weighted by molar-refractivity contribution is 0.695. The smallest absolute Gasteiger partial charge is 0.0423 e. The molecule has 0 unspecified atom stereocenters. The second kappa shape index (κ2) is 4.32. The van der Waals surface area contributed by atoms with Gasteiger partial charge < -0.3 is 10.2 Å². The summed E-state index contributed by atoms with van der Waals surface area (Å²) in [6, 6.07) is 6.52. The van der Waals surface area contributed by atoms with Crippen LogP contribution in [0.25, 0.3) is 0 Å². The molecular formula is C11H15BrN2. The molecule has 1 N–H and O–H groups in total. The standard InChI is InChI=1S/C11H15BrN2/c1-2-14-6-5-13-8-9-3-4-10(12)7-11(9)14/h3-4,7,13H,2,5-6,8H2,1H3. The monoisotopic (exact) mass is 254 g/mol. The van der Waals surface area contributed by atoms with Gasteiger partial charge in [0.25, 0.3) is 0 Å². The molecule has 0 radical (unpaired) electrons. The number of rotatable bonds is 1. The summed E-state index contributed by atoms with van der Waals surface area (Å²) in [5.41, 5.74) is 2.76. The van der Waals surface area contributed by atoms with Crippen molar-refractivity contribution in [1.29, 1.82) is 0 Å². The van der Waals surface area contributed by atoms with Gasteiger partial charge >= 0.3 is 0 Å². The molecular weight excluding hydrogens is 240 g/mol. The maximum Gasteiger partial charge on any atom is 0.0423 e. The van der Waals surface area contributed by atoms with E-state index in [0.29, 0.717) is 0 Å². The molecule has 14 heavy (non-hydrogen) atoms. The molecule has 0 fully saturated rings. The van der Waals surface area contributed by atoms with Gasteiger partial charge in [0.15, 0.2) is 0 Å². The zero-order valence-electron chi connectivity index (χ0n) is 8.39. The highest BCUT2D eigenvalue weighted by molar-refractivity contribution is 9.10. The van der Waals surface area contributed by atoms with Crippen LogP contribution in [0.3, 0.4) is 0 Å². The molecule has 1 aromatic carbocycles. The fraction of sp³-hybridized carbons (Fsp3) is 0.455. The Bertz CT molecular complexity index is 325. The van der Waals surface area contributed by atoms with Gasteiger partial charge in [0.1, 0.15) is 0 Å². The Balaban J connectivity index is 2.40. The minimum Gasteiger partial charge on any atom is -0.370 e. The van der Waals surface area contributed by atoms with E-state index in [9.17, 15) is 0 Å². The maximum atomic E-state index is 3.53. The topological polar surface area (TPSA) is 15.3 Å². The van der Waals surface area contributed by atoms with Gasteiger partial charge in [0.05, 0.1) is 0 Å². The van der Waals surface area contributed by atoms with E-state index in [1.165, 1.54) is 11.3 Å². The molecule has 3 heteroatoms. The van der Waals surface area contributed by atoms with Crippen molar-refractivity contribution in [3.05, 3.63) is 28.2 Å². The van der Waals surface area contributed by atoms with E-state index in [-0.39, 0.29) is 0 Å². The Labute approximate surface area is 93.4 Å². The van der Waals surface area contributed by atoms with E-state index in [1.54, 1.807) is 0 Å². The van der Waals surface area contributed by atoms with Crippen molar-refractivity contribution in [2.24, 2.45) is 0 Å². The third-order valence-corrected chi connectivity index (χ3v) is 3.14. The Morgan fingerprint density at radius 1 is 1.50 bits per heavy atom. The predicted octanol–water partition coefficient (Wildman–Crippen LogP) is 2.38. The van der Waals surface area contributed by atoms with Crippen LogP contribution >= 0.6 is 15.9 Å². The van der Waals surface area contributed by atoms with Crippen molar-refractivity contribution < 1.29 is 0 Å². The van der Waals surface area contributed by atoms with Gasteiger partial charge in [-0.15, -0.1) is 0 Å². The zero-order valence-corrected chi connectivity index (χ0v) is 9.97. The molecule has 1 aliphatic heterocycles. The Morgan fingerprint density at radius 3 is 3.14 bits per heavy atom. The summed E-state index contributed by atoms with van der Waals surface area (Å²) in [6.07, 6.45) is 0. The summed E-state index contributed by atoms with van der Waals surface area (Å²) < 4.78 is 1.16. The summed E-state index contributed by atoms with van der Waals surface area (Å²) in [6.45, 7) is 6.43. The van der Waals surface area contributed by atoms with Gasteiger partial charge in [-0.25, -0.2) is 0 Å². The highest BCUT2D eigenvalue weighted by Gasteiger charge is 2.13.